The van der Waals surface area contributed by atoms with Crippen LogP contribution in [0.2, 0.25) is 0 Å². The molecule has 0 unspecified atom stereocenters. The lowest BCUT2D eigenvalue weighted by molar-refractivity contribution is -0.286. The van der Waals surface area contributed by atoms with Crippen LogP contribution in [0.1, 0.15) is 22.3 Å². The van der Waals surface area contributed by atoms with Crippen LogP contribution in [0.15, 0.2) is 41.4 Å². The molecule has 1 aliphatic rings. The highest BCUT2D eigenvalue weighted by Gasteiger charge is 2.43. The van der Waals surface area contributed by atoms with E-state index >= 15 is 0 Å². The first kappa shape index (κ1) is 15.3. The van der Waals surface area contributed by atoms with Crippen LogP contribution in [-0.2, 0) is 6.54 Å². The van der Waals surface area contributed by atoms with Gasteiger partial charge in [0.25, 0.3) is 0 Å². The van der Waals surface area contributed by atoms with Crippen molar-refractivity contribution in [2.45, 2.75) is 26.7 Å². The lowest BCUT2D eigenvalue weighted by Gasteiger charge is -2.05. The highest BCUT2D eigenvalue weighted by molar-refractivity contribution is 5.98. The van der Waals surface area contributed by atoms with E-state index in [9.17, 15) is 8.78 Å². The summed E-state index contributed by atoms with van der Waals surface area (Å²) >= 11 is 0. The van der Waals surface area contributed by atoms with Crippen molar-refractivity contribution in [1.82, 2.24) is 0 Å². The number of aliphatic imine (C=N–C) groups is 1. The average Bonchev–Trinajstić information content (AvgIpc) is 2.76. The van der Waals surface area contributed by atoms with E-state index in [4.69, 9.17) is 5.73 Å². The summed E-state index contributed by atoms with van der Waals surface area (Å²) in [4.78, 5) is 4.32. The summed E-state index contributed by atoms with van der Waals surface area (Å²) in [5, 5.41) is 0. The van der Waals surface area contributed by atoms with Gasteiger partial charge in [0.1, 0.15) is 5.84 Å². The van der Waals surface area contributed by atoms with Crippen LogP contribution in [0, 0.1) is 13.8 Å². The van der Waals surface area contributed by atoms with Crippen LogP contribution in [0.4, 0.5) is 8.78 Å². The Morgan fingerprint density at radius 1 is 1.04 bits per heavy atom. The second-order valence-corrected chi connectivity index (χ2v) is 5.53. The monoisotopic (exact) mass is 318 g/mol. The van der Waals surface area contributed by atoms with Crippen molar-refractivity contribution < 1.29 is 18.3 Å². The molecule has 2 N–H and O–H groups in total. The van der Waals surface area contributed by atoms with Crippen LogP contribution in [0.5, 0.6) is 11.5 Å². The summed E-state index contributed by atoms with van der Waals surface area (Å²) in [5.41, 5.74) is 9.80. The Kier molecular flexibility index (Phi) is 3.67. The van der Waals surface area contributed by atoms with Crippen molar-refractivity contribution in [3.8, 4) is 11.5 Å². The third kappa shape index (κ3) is 3.41. The van der Waals surface area contributed by atoms with E-state index in [2.05, 4.69) is 20.5 Å². The SMILES string of the molecule is Cc1cc(C)cc(CN=C(N)c2ccc3c(c2)OC(F)(F)O3)c1. The molecule has 3 rings (SSSR count). The molecule has 0 saturated carbocycles. The normalized spacial score (nSPS) is 15.7. The molecule has 0 radical (unpaired) electrons. The van der Waals surface area contributed by atoms with E-state index in [1.54, 1.807) is 6.07 Å². The number of ether oxygens (including phenoxy) is 2. The molecular weight excluding hydrogens is 302 g/mol. The number of rotatable bonds is 3. The van der Waals surface area contributed by atoms with Gasteiger partial charge in [-0.25, -0.2) is 0 Å². The number of nitrogens with zero attached hydrogens (tertiary/aromatic N) is 1. The van der Waals surface area contributed by atoms with Crippen LogP contribution in [-0.4, -0.2) is 12.1 Å². The number of halogens is 2. The number of amidine groups is 1. The molecule has 1 heterocycles. The van der Waals surface area contributed by atoms with Crippen molar-refractivity contribution in [3.63, 3.8) is 0 Å². The van der Waals surface area contributed by atoms with Gasteiger partial charge in [-0.05, 0) is 37.6 Å². The fourth-order valence-electron chi connectivity index (χ4n) is 2.54. The molecule has 0 bridgehead atoms. The molecule has 2 aromatic carbocycles. The Hall–Kier alpha value is -2.63. The number of benzene rings is 2. The first-order valence-corrected chi connectivity index (χ1v) is 7.10. The van der Waals surface area contributed by atoms with E-state index in [1.165, 1.54) is 12.1 Å². The molecule has 6 heteroatoms. The first-order chi connectivity index (χ1) is 10.8. The molecule has 4 nitrogen and oxygen atoms in total. The quantitative estimate of drug-likeness (QED) is 0.696. The van der Waals surface area contributed by atoms with E-state index in [-0.39, 0.29) is 17.3 Å². The molecule has 0 fully saturated rings. The zero-order valence-corrected chi connectivity index (χ0v) is 12.8. The Morgan fingerprint density at radius 3 is 2.39 bits per heavy atom. The first-order valence-electron chi connectivity index (χ1n) is 7.10. The van der Waals surface area contributed by atoms with Crippen LogP contribution >= 0.6 is 0 Å². The maximum Gasteiger partial charge on any atom is 0.586 e. The Balaban J connectivity index is 1.79. The third-order valence-corrected chi connectivity index (χ3v) is 3.41. The van der Waals surface area contributed by atoms with Gasteiger partial charge in [-0.1, -0.05) is 29.3 Å². The van der Waals surface area contributed by atoms with Gasteiger partial charge in [-0.15, -0.1) is 8.78 Å². The molecule has 0 aliphatic carbocycles. The van der Waals surface area contributed by atoms with Crippen molar-refractivity contribution in [2.24, 2.45) is 10.7 Å². The molecule has 2 aromatic rings. The fraction of sp³-hybridized carbons (Fsp3) is 0.235. The zero-order valence-electron chi connectivity index (χ0n) is 12.8. The lowest BCUT2D eigenvalue weighted by atomic mass is 10.1. The second-order valence-electron chi connectivity index (χ2n) is 5.53. The molecule has 1 aliphatic heterocycles. The van der Waals surface area contributed by atoms with Crippen molar-refractivity contribution in [2.75, 3.05) is 0 Å². The number of aryl methyl sites for hydroxylation is 2. The van der Waals surface area contributed by atoms with Gasteiger partial charge >= 0.3 is 6.29 Å². The number of hydrogen-bond acceptors (Lipinski definition) is 3. The fourth-order valence-corrected chi connectivity index (χ4v) is 2.54. The van der Waals surface area contributed by atoms with Gasteiger partial charge in [0.2, 0.25) is 0 Å². The van der Waals surface area contributed by atoms with E-state index in [1.807, 2.05) is 26.0 Å². The summed E-state index contributed by atoms with van der Waals surface area (Å²) in [5.74, 6) is 0.198. The van der Waals surface area contributed by atoms with Crippen LogP contribution in [0.25, 0.3) is 0 Å². The van der Waals surface area contributed by atoms with Gasteiger partial charge in [0.05, 0.1) is 6.54 Å². The predicted molar refractivity (Wildman–Crippen MR) is 83.0 cm³/mol. The van der Waals surface area contributed by atoms with E-state index in [0.717, 1.165) is 16.7 Å². The molecule has 0 amide bonds. The second kappa shape index (κ2) is 5.53. The number of alkyl halides is 2. The highest BCUT2D eigenvalue weighted by atomic mass is 19.3. The summed E-state index contributed by atoms with van der Waals surface area (Å²) < 4.78 is 34.8. The maximum atomic E-state index is 13.0. The number of hydrogen-bond donors (Lipinski definition) is 1. The Labute approximate surface area is 132 Å². The van der Waals surface area contributed by atoms with Crippen LogP contribution in [0.3, 0.4) is 0 Å². The van der Waals surface area contributed by atoms with Crippen LogP contribution < -0.4 is 15.2 Å². The largest absolute Gasteiger partial charge is 0.586 e. The van der Waals surface area contributed by atoms with E-state index in [0.29, 0.717) is 12.1 Å². The van der Waals surface area contributed by atoms with Gasteiger partial charge in [-0.2, -0.15) is 0 Å². The summed E-state index contributed by atoms with van der Waals surface area (Å²) in [6.45, 7) is 4.45. The molecule has 0 aromatic heterocycles. The summed E-state index contributed by atoms with van der Waals surface area (Å²) in [7, 11) is 0. The molecule has 0 spiro atoms. The molecule has 0 atom stereocenters. The lowest BCUT2D eigenvalue weighted by Crippen LogP contribution is -2.25. The number of fused-ring (bicyclic) bond motifs is 1. The summed E-state index contributed by atoms with van der Waals surface area (Å²) in [6, 6.07) is 10.5. The third-order valence-electron chi connectivity index (χ3n) is 3.41. The standard InChI is InChI=1S/C17H16F2N2O2/c1-10-5-11(2)7-12(6-10)9-21-16(20)13-3-4-14-15(8-13)23-17(18,19)22-14/h3-8H,9H2,1-2H3,(H2,20,21). The van der Waals surface area contributed by atoms with Gasteiger partial charge in [0.15, 0.2) is 11.5 Å². The van der Waals surface area contributed by atoms with Crippen molar-refractivity contribution >= 4 is 5.84 Å². The zero-order chi connectivity index (χ0) is 16.6. The maximum absolute atomic E-state index is 13.0. The molecule has 120 valence electrons. The minimum Gasteiger partial charge on any atom is -0.395 e. The topological polar surface area (TPSA) is 56.8 Å². The molecular formula is C17H16F2N2O2. The smallest absolute Gasteiger partial charge is 0.395 e. The van der Waals surface area contributed by atoms with Crippen molar-refractivity contribution in [1.29, 1.82) is 0 Å². The van der Waals surface area contributed by atoms with Crippen molar-refractivity contribution in [3.05, 3.63) is 58.7 Å². The Morgan fingerprint density at radius 2 is 1.70 bits per heavy atom. The predicted octanol–water partition coefficient (Wildman–Crippen LogP) is 3.53. The van der Waals surface area contributed by atoms with E-state index < -0.39 is 6.29 Å². The molecule has 0 saturated heterocycles. The van der Waals surface area contributed by atoms with Gasteiger partial charge < -0.3 is 15.2 Å². The molecule has 23 heavy (non-hydrogen) atoms. The minimum absolute atomic E-state index is 0.0131. The van der Waals surface area contributed by atoms with Gasteiger partial charge in [-0.3, -0.25) is 4.99 Å². The highest BCUT2D eigenvalue weighted by Crippen LogP contribution is 2.41. The Bertz CT molecular complexity index is 768. The average molecular weight is 318 g/mol. The number of nitrogens with two attached hydrogens (primary N) is 1. The summed E-state index contributed by atoms with van der Waals surface area (Å²) in [6.07, 6.45) is -3.63. The van der Waals surface area contributed by atoms with Gasteiger partial charge in [0, 0.05) is 5.56 Å². The minimum atomic E-state index is -3.63.